The third kappa shape index (κ3) is 3.36. The lowest BCUT2D eigenvalue weighted by molar-refractivity contribution is -0.303. The summed E-state index contributed by atoms with van der Waals surface area (Å²) in [4.78, 5) is 21.5. The first kappa shape index (κ1) is 11.7. The summed E-state index contributed by atoms with van der Waals surface area (Å²) in [5, 5.41) is 12.4. The SMILES string of the molecule is Cc1cc(C(=O)NCC(=O)[O-])ccc1Br. The zero-order valence-electron chi connectivity index (χ0n) is 8.04. The average molecular weight is 271 g/mol. The topological polar surface area (TPSA) is 69.2 Å². The summed E-state index contributed by atoms with van der Waals surface area (Å²) in [5.74, 6) is -1.73. The summed E-state index contributed by atoms with van der Waals surface area (Å²) in [6, 6.07) is 5.03. The molecule has 1 amide bonds. The van der Waals surface area contributed by atoms with E-state index in [1.54, 1.807) is 18.2 Å². The maximum absolute atomic E-state index is 11.4. The van der Waals surface area contributed by atoms with Gasteiger partial charge < -0.3 is 15.2 Å². The molecule has 4 nitrogen and oxygen atoms in total. The van der Waals surface area contributed by atoms with Gasteiger partial charge in [0.25, 0.3) is 5.91 Å². The molecule has 0 unspecified atom stereocenters. The van der Waals surface area contributed by atoms with Gasteiger partial charge in [-0.05, 0) is 30.7 Å². The van der Waals surface area contributed by atoms with Crippen LogP contribution in [0.25, 0.3) is 0 Å². The second-order valence-electron chi connectivity index (χ2n) is 3.02. The minimum atomic E-state index is -1.31. The molecular formula is C10H9BrNO3-. The quantitative estimate of drug-likeness (QED) is 0.856. The van der Waals surface area contributed by atoms with Crippen LogP contribution in [0.1, 0.15) is 15.9 Å². The summed E-state index contributed by atoms with van der Waals surface area (Å²) in [6.45, 7) is 1.37. The van der Waals surface area contributed by atoms with Gasteiger partial charge in [0, 0.05) is 10.0 Å². The number of aryl methyl sites for hydroxylation is 1. The molecule has 0 fully saturated rings. The number of hydrogen-bond acceptors (Lipinski definition) is 3. The molecule has 5 heteroatoms. The summed E-state index contributed by atoms with van der Waals surface area (Å²) < 4.78 is 0.902. The molecule has 80 valence electrons. The summed E-state index contributed by atoms with van der Waals surface area (Å²) in [7, 11) is 0. The van der Waals surface area contributed by atoms with Crippen molar-refractivity contribution in [1.82, 2.24) is 5.32 Å². The molecule has 0 atom stereocenters. The van der Waals surface area contributed by atoms with Crippen molar-refractivity contribution >= 4 is 27.8 Å². The normalized spacial score (nSPS) is 9.73. The van der Waals surface area contributed by atoms with E-state index in [1.807, 2.05) is 6.92 Å². The molecule has 0 aliphatic rings. The molecule has 15 heavy (non-hydrogen) atoms. The highest BCUT2D eigenvalue weighted by Gasteiger charge is 2.05. The van der Waals surface area contributed by atoms with Gasteiger partial charge >= 0.3 is 0 Å². The zero-order valence-corrected chi connectivity index (χ0v) is 9.63. The van der Waals surface area contributed by atoms with E-state index in [0.29, 0.717) is 5.56 Å². The van der Waals surface area contributed by atoms with Crippen molar-refractivity contribution in [3.05, 3.63) is 33.8 Å². The maximum Gasteiger partial charge on any atom is 0.251 e. The molecule has 1 N–H and O–H groups in total. The van der Waals surface area contributed by atoms with E-state index in [0.717, 1.165) is 10.0 Å². The number of nitrogens with one attached hydrogen (secondary N) is 1. The van der Waals surface area contributed by atoms with Gasteiger partial charge in [0.05, 0.1) is 12.5 Å². The molecule has 0 aliphatic carbocycles. The summed E-state index contributed by atoms with van der Waals surface area (Å²) in [5.41, 5.74) is 1.34. The highest BCUT2D eigenvalue weighted by atomic mass is 79.9. The first-order valence-electron chi connectivity index (χ1n) is 4.25. The van der Waals surface area contributed by atoms with E-state index >= 15 is 0 Å². The lowest BCUT2D eigenvalue weighted by Gasteiger charge is -2.06. The molecule has 0 radical (unpaired) electrons. The molecule has 0 saturated heterocycles. The van der Waals surface area contributed by atoms with Crippen molar-refractivity contribution in [3.63, 3.8) is 0 Å². The lowest BCUT2D eigenvalue weighted by atomic mass is 10.1. The van der Waals surface area contributed by atoms with E-state index in [-0.39, 0.29) is 0 Å². The number of halogens is 1. The number of aliphatic carboxylic acids is 1. The molecule has 1 rings (SSSR count). The number of hydrogen-bond donors (Lipinski definition) is 1. The first-order valence-corrected chi connectivity index (χ1v) is 5.04. The van der Waals surface area contributed by atoms with Crippen LogP contribution in [0.15, 0.2) is 22.7 Å². The molecule has 0 spiro atoms. The van der Waals surface area contributed by atoms with E-state index in [4.69, 9.17) is 0 Å². The summed E-state index contributed by atoms with van der Waals surface area (Å²) in [6.07, 6.45) is 0. The van der Waals surface area contributed by atoms with Crippen molar-refractivity contribution in [2.75, 3.05) is 6.54 Å². The molecular weight excluding hydrogens is 262 g/mol. The smallest absolute Gasteiger partial charge is 0.251 e. The Morgan fingerprint density at radius 2 is 2.13 bits per heavy atom. The van der Waals surface area contributed by atoms with Gasteiger partial charge in [-0.25, -0.2) is 0 Å². The van der Waals surface area contributed by atoms with Gasteiger partial charge in [0.1, 0.15) is 0 Å². The van der Waals surface area contributed by atoms with Crippen LogP contribution in [-0.4, -0.2) is 18.4 Å². The second-order valence-corrected chi connectivity index (χ2v) is 3.87. The largest absolute Gasteiger partial charge is 0.548 e. The molecule has 1 aromatic rings. The Labute approximate surface area is 95.4 Å². The minimum Gasteiger partial charge on any atom is -0.548 e. The van der Waals surface area contributed by atoms with Crippen molar-refractivity contribution in [3.8, 4) is 0 Å². The van der Waals surface area contributed by atoms with Crippen molar-refractivity contribution in [2.45, 2.75) is 6.92 Å². The van der Waals surface area contributed by atoms with Crippen LogP contribution in [0.4, 0.5) is 0 Å². The van der Waals surface area contributed by atoms with Crippen LogP contribution in [-0.2, 0) is 4.79 Å². The number of carboxylic acids is 1. The minimum absolute atomic E-state index is 0.421. The van der Waals surface area contributed by atoms with E-state index in [9.17, 15) is 14.7 Å². The Morgan fingerprint density at radius 3 is 2.67 bits per heavy atom. The molecule has 0 bridgehead atoms. The number of carbonyl (C=O) groups excluding carboxylic acids is 2. The number of rotatable bonds is 3. The Hall–Kier alpha value is -1.36. The third-order valence-corrected chi connectivity index (χ3v) is 2.70. The number of carbonyl (C=O) groups is 2. The van der Waals surface area contributed by atoms with Gasteiger partial charge in [-0.15, -0.1) is 0 Å². The van der Waals surface area contributed by atoms with Crippen molar-refractivity contribution in [2.24, 2.45) is 0 Å². The monoisotopic (exact) mass is 270 g/mol. The van der Waals surface area contributed by atoms with Gasteiger partial charge in [-0.2, -0.15) is 0 Å². The van der Waals surface area contributed by atoms with E-state index in [2.05, 4.69) is 21.2 Å². The highest BCUT2D eigenvalue weighted by Crippen LogP contribution is 2.16. The Balaban J connectivity index is 2.74. The Bertz CT molecular complexity index is 404. The van der Waals surface area contributed by atoms with Gasteiger partial charge in [-0.1, -0.05) is 15.9 Å². The van der Waals surface area contributed by atoms with Crippen LogP contribution in [0, 0.1) is 6.92 Å². The average Bonchev–Trinajstić information content (AvgIpc) is 2.18. The fourth-order valence-corrected chi connectivity index (χ4v) is 1.29. The highest BCUT2D eigenvalue weighted by molar-refractivity contribution is 9.10. The first-order chi connectivity index (χ1) is 7.00. The Kier molecular flexibility index (Phi) is 3.85. The van der Waals surface area contributed by atoms with Crippen LogP contribution >= 0.6 is 15.9 Å². The lowest BCUT2D eigenvalue weighted by Crippen LogP contribution is -2.37. The summed E-state index contributed by atoms with van der Waals surface area (Å²) >= 11 is 3.30. The predicted molar refractivity (Wildman–Crippen MR) is 56.2 cm³/mol. The van der Waals surface area contributed by atoms with E-state index in [1.165, 1.54) is 0 Å². The van der Waals surface area contributed by atoms with Crippen LogP contribution < -0.4 is 10.4 Å². The standard InChI is InChI=1S/C10H10BrNO3/c1-6-4-7(2-3-8(6)11)10(15)12-5-9(13)14/h2-4H,5H2,1H3,(H,12,15)(H,13,14)/p-1. The second kappa shape index (κ2) is 4.93. The fraction of sp³-hybridized carbons (Fsp3) is 0.200. The van der Waals surface area contributed by atoms with E-state index < -0.39 is 18.4 Å². The maximum atomic E-state index is 11.4. The predicted octanol–water partition coefficient (Wildman–Crippen LogP) is 0.237. The fourth-order valence-electron chi connectivity index (χ4n) is 1.04. The number of carboxylic acid groups (broad SMARTS) is 1. The van der Waals surface area contributed by atoms with Crippen LogP contribution in [0.5, 0.6) is 0 Å². The van der Waals surface area contributed by atoms with Gasteiger partial charge in [-0.3, -0.25) is 4.79 Å². The molecule has 0 aliphatic heterocycles. The van der Waals surface area contributed by atoms with Crippen LogP contribution in [0.2, 0.25) is 0 Å². The number of benzene rings is 1. The Morgan fingerprint density at radius 1 is 1.47 bits per heavy atom. The van der Waals surface area contributed by atoms with Gasteiger partial charge in [0.2, 0.25) is 0 Å². The van der Waals surface area contributed by atoms with Crippen molar-refractivity contribution in [1.29, 1.82) is 0 Å². The number of amides is 1. The molecule has 0 aromatic heterocycles. The third-order valence-electron chi connectivity index (χ3n) is 1.81. The molecule has 0 saturated carbocycles. The molecule has 1 aromatic carbocycles. The zero-order chi connectivity index (χ0) is 11.4. The molecule has 0 heterocycles. The van der Waals surface area contributed by atoms with Crippen LogP contribution in [0.3, 0.4) is 0 Å². The van der Waals surface area contributed by atoms with Gasteiger partial charge in [0.15, 0.2) is 0 Å². The van der Waals surface area contributed by atoms with Crippen molar-refractivity contribution < 1.29 is 14.7 Å².